The Morgan fingerprint density at radius 3 is 2.67 bits per heavy atom. The summed E-state index contributed by atoms with van der Waals surface area (Å²) in [4.78, 5) is 15.0. The van der Waals surface area contributed by atoms with Crippen molar-refractivity contribution >= 4 is 5.97 Å². The number of hydrogen-bond acceptors (Lipinski definition) is 4. The zero-order chi connectivity index (χ0) is 15.2. The Morgan fingerprint density at radius 2 is 2.05 bits per heavy atom. The zero-order valence-corrected chi connectivity index (χ0v) is 11.8. The lowest BCUT2D eigenvalue weighted by atomic mass is 9.96. The number of benzene rings is 1. The van der Waals surface area contributed by atoms with E-state index in [1.807, 2.05) is 30.3 Å². The van der Waals surface area contributed by atoms with E-state index >= 15 is 0 Å². The number of carboxylic acid groups (broad SMARTS) is 1. The molecule has 0 saturated carbocycles. The average Bonchev–Trinajstić information content (AvgIpc) is 2.49. The highest BCUT2D eigenvalue weighted by atomic mass is 16.5. The SMILES string of the molecule is COCc1ccc(-c2ccncc2CC(N)C(=O)O)cc1. The van der Waals surface area contributed by atoms with Crippen molar-refractivity contribution in [3.8, 4) is 11.1 Å². The number of aromatic nitrogens is 1. The van der Waals surface area contributed by atoms with Crippen molar-refractivity contribution in [2.45, 2.75) is 19.1 Å². The van der Waals surface area contributed by atoms with Crippen LogP contribution in [0.25, 0.3) is 11.1 Å². The molecule has 2 rings (SSSR count). The molecule has 0 spiro atoms. The monoisotopic (exact) mass is 286 g/mol. The molecule has 0 fully saturated rings. The lowest BCUT2D eigenvalue weighted by Gasteiger charge is -2.12. The first-order chi connectivity index (χ1) is 10.1. The summed E-state index contributed by atoms with van der Waals surface area (Å²) in [5.74, 6) is -1.01. The molecule has 0 aliphatic rings. The van der Waals surface area contributed by atoms with Crippen LogP contribution in [0.3, 0.4) is 0 Å². The number of nitrogens with two attached hydrogens (primary N) is 1. The fourth-order valence-electron chi connectivity index (χ4n) is 2.14. The fraction of sp³-hybridized carbons (Fsp3) is 0.250. The molecule has 110 valence electrons. The molecule has 5 nitrogen and oxygen atoms in total. The number of methoxy groups -OCH3 is 1. The third-order valence-corrected chi connectivity index (χ3v) is 3.24. The maximum atomic E-state index is 10.9. The third-order valence-electron chi connectivity index (χ3n) is 3.24. The third kappa shape index (κ3) is 3.87. The zero-order valence-electron chi connectivity index (χ0n) is 11.8. The van der Waals surface area contributed by atoms with Crippen molar-refractivity contribution in [1.29, 1.82) is 0 Å². The van der Waals surface area contributed by atoms with Gasteiger partial charge in [-0.1, -0.05) is 24.3 Å². The summed E-state index contributed by atoms with van der Waals surface area (Å²) in [7, 11) is 1.65. The van der Waals surface area contributed by atoms with Crippen LogP contribution in [-0.4, -0.2) is 29.2 Å². The summed E-state index contributed by atoms with van der Waals surface area (Å²) in [6.07, 6.45) is 3.60. The summed E-state index contributed by atoms with van der Waals surface area (Å²) in [6.45, 7) is 0.563. The van der Waals surface area contributed by atoms with Crippen LogP contribution in [0.4, 0.5) is 0 Å². The number of carbonyl (C=O) groups is 1. The van der Waals surface area contributed by atoms with Gasteiger partial charge in [0.2, 0.25) is 0 Å². The summed E-state index contributed by atoms with van der Waals surface area (Å²) < 4.78 is 5.08. The van der Waals surface area contributed by atoms with E-state index in [0.29, 0.717) is 6.61 Å². The van der Waals surface area contributed by atoms with Crippen molar-refractivity contribution in [3.05, 3.63) is 53.9 Å². The maximum absolute atomic E-state index is 10.9. The van der Waals surface area contributed by atoms with E-state index in [4.69, 9.17) is 15.6 Å². The Labute approximate surface area is 123 Å². The number of carboxylic acids is 1. The van der Waals surface area contributed by atoms with E-state index in [2.05, 4.69) is 4.98 Å². The minimum Gasteiger partial charge on any atom is -0.480 e. The van der Waals surface area contributed by atoms with Gasteiger partial charge in [0.25, 0.3) is 0 Å². The van der Waals surface area contributed by atoms with Crippen LogP contribution < -0.4 is 5.73 Å². The summed E-state index contributed by atoms with van der Waals surface area (Å²) in [6, 6.07) is 8.88. The van der Waals surface area contributed by atoms with Gasteiger partial charge in [-0.2, -0.15) is 0 Å². The summed E-state index contributed by atoms with van der Waals surface area (Å²) in [5.41, 5.74) is 9.48. The fourth-order valence-corrected chi connectivity index (χ4v) is 2.14. The molecule has 5 heteroatoms. The molecule has 1 aromatic heterocycles. The number of nitrogens with zero attached hydrogens (tertiary/aromatic N) is 1. The van der Waals surface area contributed by atoms with Crippen molar-refractivity contribution in [3.63, 3.8) is 0 Å². The molecule has 1 heterocycles. The molecule has 0 aliphatic heterocycles. The van der Waals surface area contributed by atoms with Gasteiger partial charge in [0, 0.05) is 25.9 Å². The molecule has 1 aromatic carbocycles. The highest BCUT2D eigenvalue weighted by Gasteiger charge is 2.15. The molecule has 1 unspecified atom stereocenters. The van der Waals surface area contributed by atoms with Crippen LogP contribution in [0.5, 0.6) is 0 Å². The molecule has 1 atom stereocenters. The number of ether oxygens (including phenoxy) is 1. The highest BCUT2D eigenvalue weighted by Crippen LogP contribution is 2.24. The number of hydrogen-bond donors (Lipinski definition) is 2. The first-order valence-corrected chi connectivity index (χ1v) is 6.61. The van der Waals surface area contributed by atoms with E-state index in [1.165, 1.54) is 0 Å². The van der Waals surface area contributed by atoms with E-state index in [1.54, 1.807) is 19.5 Å². The Bertz CT molecular complexity index is 611. The van der Waals surface area contributed by atoms with Crippen LogP contribution in [0.15, 0.2) is 42.7 Å². The Balaban J connectivity index is 2.28. The topological polar surface area (TPSA) is 85.4 Å². The maximum Gasteiger partial charge on any atom is 0.320 e. The Kier molecular flexibility index (Phi) is 5.03. The smallest absolute Gasteiger partial charge is 0.320 e. The van der Waals surface area contributed by atoms with Crippen LogP contribution in [0.1, 0.15) is 11.1 Å². The Morgan fingerprint density at radius 1 is 1.33 bits per heavy atom. The van der Waals surface area contributed by atoms with Gasteiger partial charge in [0.1, 0.15) is 6.04 Å². The van der Waals surface area contributed by atoms with E-state index in [-0.39, 0.29) is 6.42 Å². The van der Waals surface area contributed by atoms with Gasteiger partial charge in [-0.3, -0.25) is 9.78 Å². The van der Waals surface area contributed by atoms with Crippen LogP contribution in [0, 0.1) is 0 Å². The predicted octanol–water partition coefficient (Wildman–Crippen LogP) is 1.85. The predicted molar refractivity (Wildman–Crippen MR) is 79.7 cm³/mol. The Hall–Kier alpha value is -2.24. The first-order valence-electron chi connectivity index (χ1n) is 6.61. The second-order valence-corrected chi connectivity index (χ2v) is 4.81. The number of aliphatic carboxylic acids is 1. The van der Waals surface area contributed by atoms with Gasteiger partial charge >= 0.3 is 5.97 Å². The van der Waals surface area contributed by atoms with Crippen LogP contribution in [0.2, 0.25) is 0 Å². The molecule has 0 radical (unpaired) electrons. The number of rotatable bonds is 6. The van der Waals surface area contributed by atoms with Crippen LogP contribution >= 0.6 is 0 Å². The van der Waals surface area contributed by atoms with Crippen molar-refractivity contribution in [2.75, 3.05) is 7.11 Å². The first kappa shape index (κ1) is 15.2. The second kappa shape index (κ2) is 6.97. The second-order valence-electron chi connectivity index (χ2n) is 4.81. The molecule has 0 aliphatic carbocycles. The van der Waals surface area contributed by atoms with Crippen LogP contribution in [-0.2, 0) is 22.6 Å². The molecule has 0 amide bonds. The minimum absolute atomic E-state index is 0.248. The summed E-state index contributed by atoms with van der Waals surface area (Å²) in [5, 5.41) is 8.94. The van der Waals surface area contributed by atoms with Gasteiger partial charge in [-0.05, 0) is 28.3 Å². The minimum atomic E-state index is -1.01. The van der Waals surface area contributed by atoms with Gasteiger partial charge in [-0.15, -0.1) is 0 Å². The lowest BCUT2D eigenvalue weighted by Crippen LogP contribution is -2.32. The quantitative estimate of drug-likeness (QED) is 0.846. The average molecular weight is 286 g/mol. The molecule has 21 heavy (non-hydrogen) atoms. The molecule has 0 saturated heterocycles. The van der Waals surface area contributed by atoms with Crippen molar-refractivity contribution < 1.29 is 14.6 Å². The van der Waals surface area contributed by atoms with Crippen molar-refractivity contribution in [2.24, 2.45) is 5.73 Å². The molecular weight excluding hydrogens is 268 g/mol. The summed E-state index contributed by atoms with van der Waals surface area (Å²) >= 11 is 0. The van der Waals surface area contributed by atoms with Gasteiger partial charge < -0.3 is 15.6 Å². The molecular formula is C16H18N2O3. The van der Waals surface area contributed by atoms with E-state index < -0.39 is 12.0 Å². The van der Waals surface area contributed by atoms with Gasteiger partial charge in [-0.25, -0.2) is 0 Å². The lowest BCUT2D eigenvalue weighted by molar-refractivity contribution is -0.138. The highest BCUT2D eigenvalue weighted by molar-refractivity contribution is 5.75. The van der Waals surface area contributed by atoms with Crippen molar-refractivity contribution in [1.82, 2.24) is 4.98 Å². The van der Waals surface area contributed by atoms with Gasteiger partial charge in [0.05, 0.1) is 6.61 Å². The van der Waals surface area contributed by atoms with E-state index in [9.17, 15) is 4.79 Å². The number of pyridine rings is 1. The molecule has 2 aromatic rings. The largest absolute Gasteiger partial charge is 0.480 e. The normalized spacial score (nSPS) is 12.1. The molecule has 3 N–H and O–H groups in total. The van der Waals surface area contributed by atoms with Gasteiger partial charge in [0.15, 0.2) is 0 Å². The molecule has 0 bridgehead atoms. The van der Waals surface area contributed by atoms with E-state index in [0.717, 1.165) is 22.3 Å². The standard InChI is InChI=1S/C16H18N2O3/c1-21-10-11-2-4-12(5-3-11)14-6-7-18-9-13(14)8-15(17)16(19)20/h2-7,9,15H,8,10,17H2,1H3,(H,19,20).